The lowest BCUT2D eigenvalue weighted by atomic mass is 9.91. The summed E-state index contributed by atoms with van der Waals surface area (Å²) in [4.78, 5) is 14.9. The maximum Gasteiger partial charge on any atom is 0.220 e. The van der Waals surface area contributed by atoms with Crippen molar-refractivity contribution in [1.29, 1.82) is 0 Å². The number of carbonyl (C=O) groups is 1. The Hall–Kier alpha value is -2.20. The standard InChI is InChI=1S/C26H25Cl3N2O/c27-20-9-7-19(8-10-20)25-17-22(30-26(32)13-6-18-4-2-1-3-5-18)14-15-31(25)24-12-11-21(28)16-23(24)29/h1-5,7-12,16,22,25H,6,13-15,17H2,(H,30,32)/t22?,25-/m1/s1. The third-order valence-electron chi connectivity index (χ3n) is 5.93. The minimum atomic E-state index is 0.0686. The number of nitrogens with one attached hydrogen (secondary N) is 1. The minimum absolute atomic E-state index is 0.0686. The zero-order valence-corrected chi connectivity index (χ0v) is 19.9. The van der Waals surface area contributed by atoms with Crippen LogP contribution in [0.4, 0.5) is 5.69 Å². The second kappa shape index (κ2) is 10.6. The quantitative estimate of drug-likeness (QED) is 0.402. The van der Waals surface area contributed by atoms with Crippen molar-refractivity contribution in [2.75, 3.05) is 11.4 Å². The summed E-state index contributed by atoms with van der Waals surface area (Å²) < 4.78 is 0. The summed E-state index contributed by atoms with van der Waals surface area (Å²) in [5.74, 6) is 0.0895. The maximum absolute atomic E-state index is 12.6. The van der Waals surface area contributed by atoms with Crippen LogP contribution >= 0.6 is 34.8 Å². The fourth-order valence-corrected chi connectivity index (χ4v) is 4.95. The molecule has 1 unspecified atom stereocenters. The summed E-state index contributed by atoms with van der Waals surface area (Å²) in [6.07, 6.45) is 2.86. The number of benzene rings is 3. The van der Waals surface area contributed by atoms with Crippen molar-refractivity contribution in [3.8, 4) is 0 Å². The summed E-state index contributed by atoms with van der Waals surface area (Å²) in [7, 11) is 0. The lowest BCUT2D eigenvalue weighted by Crippen LogP contribution is -2.46. The molecule has 2 atom stereocenters. The molecule has 1 saturated heterocycles. The number of carbonyl (C=O) groups excluding carboxylic acids is 1. The average molecular weight is 488 g/mol. The minimum Gasteiger partial charge on any atom is -0.363 e. The molecule has 0 radical (unpaired) electrons. The normalized spacial score (nSPS) is 18.4. The van der Waals surface area contributed by atoms with Crippen LogP contribution in [0.15, 0.2) is 72.8 Å². The van der Waals surface area contributed by atoms with Gasteiger partial charge in [-0.15, -0.1) is 0 Å². The SMILES string of the molecule is O=C(CCc1ccccc1)NC1CCN(c2ccc(Cl)cc2Cl)[C@@H](c2ccc(Cl)cc2)C1. The predicted molar refractivity (Wildman–Crippen MR) is 134 cm³/mol. The highest BCUT2D eigenvalue weighted by molar-refractivity contribution is 6.36. The number of rotatable bonds is 6. The van der Waals surface area contributed by atoms with E-state index in [9.17, 15) is 4.79 Å². The van der Waals surface area contributed by atoms with Gasteiger partial charge in [-0.2, -0.15) is 0 Å². The Kier molecular flexibility index (Phi) is 7.62. The molecule has 3 aromatic rings. The van der Waals surface area contributed by atoms with Gasteiger partial charge in [-0.05, 0) is 60.7 Å². The molecule has 1 N–H and O–H groups in total. The molecule has 3 nitrogen and oxygen atoms in total. The molecule has 0 aromatic heterocycles. The molecule has 0 aliphatic carbocycles. The zero-order valence-electron chi connectivity index (χ0n) is 17.6. The molecule has 1 heterocycles. The number of hydrogen-bond acceptors (Lipinski definition) is 2. The molecule has 1 fully saturated rings. The Labute approximate surface area is 204 Å². The Morgan fingerprint density at radius 2 is 1.66 bits per heavy atom. The maximum atomic E-state index is 12.6. The highest BCUT2D eigenvalue weighted by Crippen LogP contribution is 2.39. The largest absolute Gasteiger partial charge is 0.363 e. The molecule has 0 saturated carbocycles. The van der Waals surface area contributed by atoms with E-state index in [4.69, 9.17) is 34.8 Å². The van der Waals surface area contributed by atoms with Gasteiger partial charge in [-0.3, -0.25) is 4.79 Å². The molecule has 1 aliphatic rings. The van der Waals surface area contributed by atoms with Gasteiger partial charge >= 0.3 is 0 Å². The van der Waals surface area contributed by atoms with E-state index in [0.717, 1.165) is 37.1 Å². The fraction of sp³-hybridized carbons (Fsp3) is 0.269. The summed E-state index contributed by atoms with van der Waals surface area (Å²) >= 11 is 18.8. The Morgan fingerprint density at radius 3 is 2.38 bits per heavy atom. The Bertz CT molecular complexity index is 1060. The van der Waals surface area contributed by atoms with E-state index < -0.39 is 0 Å². The van der Waals surface area contributed by atoms with Crippen molar-refractivity contribution < 1.29 is 4.79 Å². The van der Waals surface area contributed by atoms with Crippen molar-refractivity contribution >= 4 is 46.4 Å². The van der Waals surface area contributed by atoms with Gasteiger partial charge in [0.2, 0.25) is 5.91 Å². The van der Waals surface area contributed by atoms with Crippen molar-refractivity contribution in [1.82, 2.24) is 5.32 Å². The Balaban J connectivity index is 1.48. The molecule has 166 valence electrons. The number of anilines is 1. The van der Waals surface area contributed by atoms with Crippen LogP contribution in [0.1, 0.15) is 36.4 Å². The zero-order chi connectivity index (χ0) is 22.5. The van der Waals surface area contributed by atoms with Crippen molar-refractivity contribution in [2.45, 2.75) is 37.8 Å². The topological polar surface area (TPSA) is 32.3 Å². The molecule has 1 amide bonds. The molecular weight excluding hydrogens is 463 g/mol. The molecule has 0 spiro atoms. The van der Waals surface area contributed by atoms with Gasteiger partial charge in [0.15, 0.2) is 0 Å². The van der Waals surface area contributed by atoms with Crippen molar-refractivity contribution in [3.05, 3.63) is 99.0 Å². The first-order chi connectivity index (χ1) is 15.5. The van der Waals surface area contributed by atoms with Gasteiger partial charge in [0, 0.05) is 29.1 Å². The van der Waals surface area contributed by atoms with Crippen LogP contribution in [0.5, 0.6) is 0 Å². The second-order valence-electron chi connectivity index (χ2n) is 8.13. The molecular formula is C26H25Cl3N2O. The lowest BCUT2D eigenvalue weighted by molar-refractivity contribution is -0.121. The van der Waals surface area contributed by atoms with Crippen molar-refractivity contribution in [2.24, 2.45) is 0 Å². The van der Waals surface area contributed by atoms with Crippen LogP contribution < -0.4 is 10.2 Å². The summed E-state index contributed by atoms with van der Waals surface area (Å²) in [5.41, 5.74) is 3.27. The lowest BCUT2D eigenvalue weighted by Gasteiger charge is -2.42. The van der Waals surface area contributed by atoms with E-state index in [0.29, 0.717) is 21.5 Å². The van der Waals surface area contributed by atoms with Gasteiger partial charge in [0.05, 0.1) is 16.8 Å². The van der Waals surface area contributed by atoms with E-state index in [-0.39, 0.29) is 18.0 Å². The van der Waals surface area contributed by atoms with Crippen LogP contribution in [-0.2, 0) is 11.2 Å². The van der Waals surface area contributed by atoms with Gasteiger partial charge in [-0.25, -0.2) is 0 Å². The molecule has 0 bridgehead atoms. The number of piperidine rings is 1. The highest BCUT2D eigenvalue weighted by Gasteiger charge is 2.31. The monoisotopic (exact) mass is 486 g/mol. The number of nitrogens with zero attached hydrogens (tertiary/aromatic N) is 1. The fourth-order valence-electron chi connectivity index (χ4n) is 4.30. The van der Waals surface area contributed by atoms with E-state index in [2.05, 4.69) is 22.3 Å². The smallest absolute Gasteiger partial charge is 0.220 e. The van der Waals surface area contributed by atoms with E-state index in [1.807, 2.05) is 54.6 Å². The van der Waals surface area contributed by atoms with Gasteiger partial charge < -0.3 is 10.2 Å². The Morgan fingerprint density at radius 1 is 0.938 bits per heavy atom. The molecule has 6 heteroatoms. The van der Waals surface area contributed by atoms with Crippen LogP contribution in [0.3, 0.4) is 0 Å². The summed E-state index contributed by atoms with van der Waals surface area (Å²) in [5, 5.41) is 5.19. The second-order valence-corrected chi connectivity index (χ2v) is 9.41. The van der Waals surface area contributed by atoms with E-state index in [1.165, 1.54) is 5.56 Å². The third kappa shape index (κ3) is 5.78. The van der Waals surface area contributed by atoms with Gasteiger partial charge in [0.1, 0.15) is 0 Å². The van der Waals surface area contributed by atoms with Crippen molar-refractivity contribution in [3.63, 3.8) is 0 Å². The number of amides is 1. The summed E-state index contributed by atoms with van der Waals surface area (Å²) in [6, 6.07) is 23.8. The molecule has 1 aliphatic heterocycles. The first-order valence-electron chi connectivity index (χ1n) is 10.8. The number of hydrogen-bond donors (Lipinski definition) is 1. The number of aryl methyl sites for hydroxylation is 1. The highest BCUT2D eigenvalue weighted by atomic mass is 35.5. The van der Waals surface area contributed by atoms with Crippen LogP contribution in [-0.4, -0.2) is 18.5 Å². The van der Waals surface area contributed by atoms with Crippen LogP contribution in [0, 0.1) is 0 Å². The molecule has 32 heavy (non-hydrogen) atoms. The van der Waals surface area contributed by atoms with Crippen LogP contribution in [0.25, 0.3) is 0 Å². The van der Waals surface area contributed by atoms with E-state index in [1.54, 1.807) is 6.07 Å². The van der Waals surface area contributed by atoms with Gasteiger partial charge in [-0.1, -0.05) is 77.3 Å². The number of halogens is 3. The first kappa shape index (κ1) is 23.0. The summed E-state index contributed by atoms with van der Waals surface area (Å²) in [6.45, 7) is 0.776. The first-order valence-corrected chi connectivity index (χ1v) is 11.9. The predicted octanol–water partition coefficient (Wildman–Crippen LogP) is 7.11. The van der Waals surface area contributed by atoms with E-state index >= 15 is 0 Å². The average Bonchev–Trinajstić information content (AvgIpc) is 2.79. The van der Waals surface area contributed by atoms with Gasteiger partial charge in [0.25, 0.3) is 0 Å². The third-order valence-corrected chi connectivity index (χ3v) is 6.71. The molecule has 4 rings (SSSR count). The van der Waals surface area contributed by atoms with Crippen LogP contribution in [0.2, 0.25) is 15.1 Å². The molecule has 3 aromatic carbocycles.